The minimum atomic E-state index is -1.13. The van der Waals surface area contributed by atoms with Crippen molar-refractivity contribution in [1.29, 1.82) is 0 Å². The molecule has 0 saturated heterocycles. The van der Waals surface area contributed by atoms with Gasteiger partial charge in [0.2, 0.25) is 5.91 Å². The van der Waals surface area contributed by atoms with Gasteiger partial charge in [0.25, 0.3) is 0 Å². The van der Waals surface area contributed by atoms with Crippen molar-refractivity contribution in [3.05, 3.63) is 59.7 Å². The summed E-state index contributed by atoms with van der Waals surface area (Å²) in [4.78, 5) is 37.9. The number of amides is 2. The normalized spacial score (nSPS) is 14.1. The van der Waals surface area contributed by atoms with Crippen molar-refractivity contribution < 1.29 is 29.0 Å². The second-order valence-corrected chi connectivity index (χ2v) is 7.62. The van der Waals surface area contributed by atoms with Gasteiger partial charge in [-0.2, -0.15) is 0 Å². The second-order valence-electron chi connectivity index (χ2n) is 7.62. The molecule has 2 aromatic carbocycles. The van der Waals surface area contributed by atoms with Crippen LogP contribution in [-0.4, -0.2) is 66.9 Å². The number of methoxy groups -OCH3 is 1. The van der Waals surface area contributed by atoms with Gasteiger partial charge in [-0.05, 0) is 36.1 Å². The van der Waals surface area contributed by atoms with Gasteiger partial charge >= 0.3 is 12.1 Å². The van der Waals surface area contributed by atoms with Crippen molar-refractivity contribution in [2.45, 2.75) is 31.8 Å². The molecule has 0 aliphatic heterocycles. The lowest BCUT2D eigenvalue weighted by atomic mass is 9.98. The number of carboxylic acids is 1. The highest BCUT2D eigenvalue weighted by Gasteiger charge is 2.32. The summed E-state index contributed by atoms with van der Waals surface area (Å²) in [6.45, 7) is 3.27. The van der Waals surface area contributed by atoms with Gasteiger partial charge in [-0.1, -0.05) is 48.5 Å². The molecule has 0 fully saturated rings. The maximum absolute atomic E-state index is 12.8. The summed E-state index contributed by atoms with van der Waals surface area (Å²) >= 11 is 0. The molecule has 2 atom stereocenters. The summed E-state index contributed by atoms with van der Waals surface area (Å²) in [5.41, 5.74) is 4.40. The van der Waals surface area contributed by atoms with Crippen molar-refractivity contribution in [1.82, 2.24) is 10.2 Å². The number of aliphatic carboxylic acids is 1. The Hall–Kier alpha value is -3.39. The predicted octanol–water partition coefficient (Wildman–Crippen LogP) is 2.86. The van der Waals surface area contributed by atoms with Gasteiger partial charge in [0.15, 0.2) is 0 Å². The lowest BCUT2D eigenvalue weighted by Gasteiger charge is -2.29. The number of alkyl carbamates (subject to hydrolysis) is 1. The Morgan fingerprint density at radius 1 is 1.06 bits per heavy atom. The van der Waals surface area contributed by atoms with Crippen LogP contribution in [0.15, 0.2) is 48.5 Å². The molecule has 2 N–H and O–H groups in total. The van der Waals surface area contributed by atoms with E-state index in [0.717, 1.165) is 22.3 Å². The van der Waals surface area contributed by atoms with Crippen LogP contribution < -0.4 is 5.32 Å². The molecule has 1 unspecified atom stereocenters. The van der Waals surface area contributed by atoms with E-state index in [0.29, 0.717) is 0 Å². The number of hydrogen-bond donors (Lipinski definition) is 2. The molecule has 32 heavy (non-hydrogen) atoms. The topological polar surface area (TPSA) is 105 Å². The highest BCUT2D eigenvalue weighted by Crippen LogP contribution is 2.44. The molecule has 1 aliphatic carbocycles. The molecule has 0 bridgehead atoms. The van der Waals surface area contributed by atoms with Crippen LogP contribution in [0.1, 0.15) is 30.9 Å². The zero-order chi connectivity index (χ0) is 23.3. The number of rotatable bonds is 9. The summed E-state index contributed by atoms with van der Waals surface area (Å²) in [5.74, 6) is -1.78. The average molecular weight is 440 g/mol. The monoisotopic (exact) mass is 440 g/mol. The summed E-state index contributed by atoms with van der Waals surface area (Å²) in [5, 5.41) is 11.8. The second kappa shape index (κ2) is 10.3. The summed E-state index contributed by atoms with van der Waals surface area (Å²) < 4.78 is 10.6. The SMILES string of the molecule is CCN(C(=O)[C@H](COC)NC(=O)OCC1c2ccccc2-c2ccccc21)C(C)C(=O)O. The van der Waals surface area contributed by atoms with Gasteiger partial charge < -0.3 is 24.8 Å². The van der Waals surface area contributed by atoms with Crippen LogP contribution >= 0.6 is 0 Å². The van der Waals surface area contributed by atoms with E-state index in [1.807, 2.05) is 48.5 Å². The van der Waals surface area contributed by atoms with Gasteiger partial charge in [-0.25, -0.2) is 9.59 Å². The Balaban J connectivity index is 1.69. The molecular formula is C24H28N2O6. The predicted molar refractivity (Wildman–Crippen MR) is 118 cm³/mol. The van der Waals surface area contributed by atoms with E-state index < -0.39 is 30.1 Å². The lowest BCUT2D eigenvalue weighted by molar-refractivity contribution is -0.150. The third-order valence-corrected chi connectivity index (χ3v) is 5.72. The molecule has 2 amide bonds. The fourth-order valence-electron chi connectivity index (χ4n) is 4.08. The number of carboxylic acid groups (broad SMARTS) is 1. The quantitative estimate of drug-likeness (QED) is 0.621. The van der Waals surface area contributed by atoms with E-state index in [4.69, 9.17) is 9.47 Å². The fraction of sp³-hybridized carbons (Fsp3) is 0.375. The highest BCUT2D eigenvalue weighted by molar-refractivity contribution is 5.89. The first-order valence-electron chi connectivity index (χ1n) is 10.5. The molecule has 0 spiro atoms. The Labute approximate surface area is 187 Å². The van der Waals surface area contributed by atoms with Crippen LogP contribution in [0, 0.1) is 0 Å². The average Bonchev–Trinajstić information content (AvgIpc) is 3.11. The first-order valence-corrected chi connectivity index (χ1v) is 10.5. The van der Waals surface area contributed by atoms with Gasteiger partial charge in [0.1, 0.15) is 18.7 Å². The number of fused-ring (bicyclic) bond motifs is 3. The van der Waals surface area contributed by atoms with E-state index in [1.165, 1.54) is 18.9 Å². The zero-order valence-corrected chi connectivity index (χ0v) is 18.4. The van der Waals surface area contributed by atoms with Crippen LogP contribution in [-0.2, 0) is 19.1 Å². The molecule has 0 saturated carbocycles. The van der Waals surface area contributed by atoms with E-state index >= 15 is 0 Å². The van der Waals surface area contributed by atoms with E-state index in [-0.39, 0.29) is 25.7 Å². The van der Waals surface area contributed by atoms with Crippen LogP contribution in [0.5, 0.6) is 0 Å². The number of benzene rings is 2. The molecule has 3 rings (SSSR count). The number of hydrogen-bond acceptors (Lipinski definition) is 5. The highest BCUT2D eigenvalue weighted by atomic mass is 16.5. The summed E-state index contributed by atoms with van der Waals surface area (Å²) in [6.07, 6.45) is -0.763. The minimum Gasteiger partial charge on any atom is -0.480 e. The van der Waals surface area contributed by atoms with Gasteiger partial charge in [0, 0.05) is 19.6 Å². The number of likely N-dealkylation sites (N-methyl/N-ethyl adjacent to an activating group) is 1. The first kappa shape index (κ1) is 23.3. The smallest absolute Gasteiger partial charge is 0.407 e. The number of carbonyl (C=O) groups excluding carboxylic acids is 2. The van der Waals surface area contributed by atoms with Crippen molar-refractivity contribution in [3.8, 4) is 11.1 Å². The largest absolute Gasteiger partial charge is 0.480 e. The molecule has 1 aliphatic rings. The summed E-state index contributed by atoms with van der Waals surface area (Å²) in [6, 6.07) is 13.9. The van der Waals surface area contributed by atoms with Crippen LogP contribution in [0.3, 0.4) is 0 Å². The fourth-order valence-corrected chi connectivity index (χ4v) is 4.08. The Bertz CT molecular complexity index is 946. The van der Waals surface area contributed by atoms with Crippen LogP contribution in [0.2, 0.25) is 0 Å². The maximum Gasteiger partial charge on any atom is 0.407 e. The van der Waals surface area contributed by atoms with Crippen LogP contribution in [0.4, 0.5) is 4.79 Å². The maximum atomic E-state index is 12.8. The van der Waals surface area contributed by atoms with Crippen molar-refractivity contribution in [3.63, 3.8) is 0 Å². The van der Waals surface area contributed by atoms with Crippen LogP contribution in [0.25, 0.3) is 11.1 Å². The molecular weight excluding hydrogens is 412 g/mol. The lowest BCUT2D eigenvalue weighted by Crippen LogP contribution is -2.54. The number of carbonyl (C=O) groups is 3. The minimum absolute atomic E-state index is 0.105. The van der Waals surface area contributed by atoms with E-state index in [2.05, 4.69) is 5.32 Å². The third kappa shape index (κ3) is 4.75. The number of nitrogens with zero attached hydrogens (tertiary/aromatic N) is 1. The molecule has 8 nitrogen and oxygen atoms in total. The third-order valence-electron chi connectivity index (χ3n) is 5.72. The Kier molecular flexibility index (Phi) is 7.48. The zero-order valence-electron chi connectivity index (χ0n) is 18.4. The number of ether oxygens (including phenoxy) is 2. The standard InChI is InChI=1S/C24H28N2O6/c1-4-26(15(2)23(28)29)22(27)21(14-31-3)25-24(30)32-13-20-18-11-7-5-9-16(18)17-10-6-8-12-19(17)20/h5-12,15,20-21H,4,13-14H2,1-3H3,(H,25,30)(H,28,29)/t15?,21-/m0/s1. The molecule has 2 aromatic rings. The van der Waals surface area contributed by atoms with E-state index in [9.17, 15) is 19.5 Å². The molecule has 0 heterocycles. The first-order chi connectivity index (χ1) is 15.4. The molecule has 8 heteroatoms. The Morgan fingerprint density at radius 3 is 2.12 bits per heavy atom. The van der Waals surface area contributed by atoms with Crippen molar-refractivity contribution in [2.24, 2.45) is 0 Å². The van der Waals surface area contributed by atoms with Gasteiger partial charge in [0.05, 0.1) is 6.61 Å². The van der Waals surface area contributed by atoms with Crippen molar-refractivity contribution >= 4 is 18.0 Å². The molecule has 170 valence electrons. The Morgan fingerprint density at radius 2 is 1.62 bits per heavy atom. The van der Waals surface area contributed by atoms with E-state index in [1.54, 1.807) is 6.92 Å². The van der Waals surface area contributed by atoms with Crippen molar-refractivity contribution in [2.75, 3.05) is 26.9 Å². The number of nitrogens with one attached hydrogen (secondary N) is 1. The van der Waals surface area contributed by atoms with Gasteiger partial charge in [-0.15, -0.1) is 0 Å². The van der Waals surface area contributed by atoms with Gasteiger partial charge in [-0.3, -0.25) is 4.79 Å². The molecule has 0 radical (unpaired) electrons. The summed E-state index contributed by atoms with van der Waals surface area (Å²) in [7, 11) is 1.40. The molecule has 0 aromatic heterocycles.